The van der Waals surface area contributed by atoms with Gasteiger partial charge in [0.2, 0.25) is 0 Å². The van der Waals surface area contributed by atoms with Crippen LogP contribution < -0.4 is 0 Å². The lowest BCUT2D eigenvalue weighted by Crippen LogP contribution is -2.41. The topological polar surface area (TPSA) is 29.5 Å². The first-order valence-corrected chi connectivity index (χ1v) is 6.53. The molecule has 0 aromatic heterocycles. The van der Waals surface area contributed by atoms with Crippen molar-refractivity contribution in [1.29, 1.82) is 0 Å². The Hall–Kier alpha value is -0.930. The summed E-state index contributed by atoms with van der Waals surface area (Å²) in [6.45, 7) is 6.58. The molecule has 3 heteroatoms. The fourth-order valence-electron chi connectivity index (χ4n) is 2.69. The third-order valence-electron chi connectivity index (χ3n) is 3.82. The van der Waals surface area contributed by atoms with Gasteiger partial charge in [0.25, 0.3) is 0 Å². The van der Waals surface area contributed by atoms with Crippen molar-refractivity contribution in [3.63, 3.8) is 0 Å². The molecule has 1 aliphatic rings. The molecule has 100 valence electrons. The number of aryl methyl sites for hydroxylation is 1. The molecule has 1 saturated heterocycles. The Bertz CT molecular complexity index is 431. The maximum atomic E-state index is 13.1. The van der Waals surface area contributed by atoms with Gasteiger partial charge < -0.3 is 9.84 Å². The molecule has 2 nitrogen and oxygen atoms in total. The van der Waals surface area contributed by atoms with Crippen LogP contribution in [0.15, 0.2) is 18.2 Å². The summed E-state index contributed by atoms with van der Waals surface area (Å²) in [5.74, 6) is 0.116. The number of hydrogen-bond donors (Lipinski definition) is 1. The van der Waals surface area contributed by atoms with Crippen molar-refractivity contribution >= 4 is 0 Å². The van der Waals surface area contributed by atoms with Crippen molar-refractivity contribution in [3.8, 4) is 0 Å². The molecule has 0 aliphatic carbocycles. The molecule has 1 aromatic rings. The molecular weight excluding hydrogens is 231 g/mol. The fourth-order valence-corrected chi connectivity index (χ4v) is 2.69. The summed E-state index contributed by atoms with van der Waals surface area (Å²) < 4.78 is 18.8. The second kappa shape index (κ2) is 4.98. The van der Waals surface area contributed by atoms with E-state index in [-0.39, 0.29) is 11.9 Å². The van der Waals surface area contributed by atoms with Crippen LogP contribution in [-0.4, -0.2) is 17.8 Å². The molecule has 1 heterocycles. The van der Waals surface area contributed by atoms with Crippen LogP contribution in [-0.2, 0) is 10.3 Å². The summed E-state index contributed by atoms with van der Waals surface area (Å²) in [6, 6.07) is 4.60. The summed E-state index contributed by atoms with van der Waals surface area (Å²) in [5, 5.41) is 10.8. The monoisotopic (exact) mass is 252 g/mol. The van der Waals surface area contributed by atoms with Crippen LogP contribution in [0.5, 0.6) is 0 Å². The zero-order chi connectivity index (χ0) is 13.3. The van der Waals surface area contributed by atoms with Crippen molar-refractivity contribution in [1.82, 2.24) is 0 Å². The number of rotatable bonds is 2. The van der Waals surface area contributed by atoms with E-state index < -0.39 is 5.60 Å². The average Bonchev–Trinajstić information content (AvgIpc) is 2.28. The largest absolute Gasteiger partial charge is 0.385 e. The van der Waals surface area contributed by atoms with Crippen LogP contribution in [0.3, 0.4) is 0 Å². The number of halogens is 1. The Kier molecular flexibility index (Phi) is 3.74. The van der Waals surface area contributed by atoms with Gasteiger partial charge in [0, 0.05) is 12.8 Å². The van der Waals surface area contributed by atoms with Crippen molar-refractivity contribution in [2.24, 2.45) is 5.92 Å². The molecule has 0 bridgehead atoms. The third-order valence-corrected chi connectivity index (χ3v) is 3.82. The molecule has 18 heavy (non-hydrogen) atoms. The van der Waals surface area contributed by atoms with Gasteiger partial charge in [0.1, 0.15) is 5.82 Å². The lowest BCUT2D eigenvalue weighted by Gasteiger charge is -2.39. The molecule has 0 spiro atoms. The molecule has 0 amide bonds. The lowest BCUT2D eigenvalue weighted by atomic mass is 9.79. The normalized spacial score (nSPS) is 28.7. The Labute approximate surface area is 108 Å². The number of aliphatic hydroxyl groups is 1. The molecule has 2 rings (SSSR count). The number of ether oxygens (including phenoxy) is 1. The SMILES string of the molecule is Cc1cc(F)ccc1C1(O)CCOC(C(C)C)C1. The van der Waals surface area contributed by atoms with E-state index in [0.29, 0.717) is 25.4 Å². The van der Waals surface area contributed by atoms with E-state index in [1.165, 1.54) is 12.1 Å². The van der Waals surface area contributed by atoms with Gasteiger partial charge >= 0.3 is 0 Å². The Balaban J connectivity index is 2.29. The van der Waals surface area contributed by atoms with Gasteiger partial charge in [-0.2, -0.15) is 0 Å². The molecule has 0 radical (unpaired) electrons. The lowest BCUT2D eigenvalue weighted by molar-refractivity contribution is -0.121. The average molecular weight is 252 g/mol. The summed E-state index contributed by atoms with van der Waals surface area (Å²) in [7, 11) is 0. The van der Waals surface area contributed by atoms with Gasteiger partial charge in [-0.3, -0.25) is 0 Å². The smallest absolute Gasteiger partial charge is 0.123 e. The van der Waals surface area contributed by atoms with Gasteiger partial charge in [0.05, 0.1) is 18.3 Å². The van der Waals surface area contributed by atoms with Gasteiger partial charge in [0.15, 0.2) is 0 Å². The minimum Gasteiger partial charge on any atom is -0.385 e. The predicted octanol–water partition coefficient (Wildman–Crippen LogP) is 3.16. The zero-order valence-corrected chi connectivity index (χ0v) is 11.2. The first kappa shape index (κ1) is 13.5. The molecule has 1 N–H and O–H groups in total. The van der Waals surface area contributed by atoms with Gasteiger partial charge in [-0.15, -0.1) is 0 Å². The van der Waals surface area contributed by atoms with Crippen LogP contribution in [0.4, 0.5) is 4.39 Å². The Morgan fingerprint density at radius 2 is 2.17 bits per heavy atom. The minimum atomic E-state index is -0.884. The molecule has 2 atom stereocenters. The second-order valence-corrected chi connectivity index (χ2v) is 5.60. The molecular formula is C15H21FO2. The molecule has 1 aliphatic heterocycles. The van der Waals surface area contributed by atoms with Crippen molar-refractivity contribution < 1.29 is 14.2 Å². The zero-order valence-electron chi connectivity index (χ0n) is 11.2. The maximum absolute atomic E-state index is 13.1. The van der Waals surface area contributed by atoms with Gasteiger partial charge in [-0.1, -0.05) is 19.9 Å². The van der Waals surface area contributed by atoms with Crippen molar-refractivity contribution in [2.75, 3.05) is 6.61 Å². The quantitative estimate of drug-likeness (QED) is 0.876. The third kappa shape index (κ3) is 2.57. The molecule has 0 saturated carbocycles. The number of hydrogen-bond acceptors (Lipinski definition) is 2. The summed E-state index contributed by atoms with van der Waals surface area (Å²) >= 11 is 0. The Morgan fingerprint density at radius 3 is 2.78 bits per heavy atom. The minimum absolute atomic E-state index is 0.0632. The van der Waals surface area contributed by atoms with E-state index in [9.17, 15) is 9.50 Å². The Morgan fingerprint density at radius 1 is 1.44 bits per heavy atom. The summed E-state index contributed by atoms with van der Waals surface area (Å²) in [6.07, 6.45) is 1.22. The number of benzene rings is 1. The van der Waals surface area contributed by atoms with Crippen LogP contribution in [0.2, 0.25) is 0 Å². The van der Waals surface area contributed by atoms with E-state index >= 15 is 0 Å². The van der Waals surface area contributed by atoms with E-state index in [0.717, 1.165) is 11.1 Å². The van der Waals surface area contributed by atoms with Crippen molar-refractivity contribution in [3.05, 3.63) is 35.1 Å². The highest BCUT2D eigenvalue weighted by Gasteiger charge is 2.38. The first-order chi connectivity index (χ1) is 8.42. The van der Waals surface area contributed by atoms with Crippen LogP contribution >= 0.6 is 0 Å². The first-order valence-electron chi connectivity index (χ1n) is 6.53. The van der Waals surface area contributed by atoms with E-state index in [4.69, 9.17) is 4.74 Å². The van der Waals surface area contributed by atoms with Crippen LogP contribution in [0.1, 0.15) is 37.8 Å². The molecule has 1 aromatic carbocycles. The maximum Gasteiger partial charge on any atom is 0.123 e. The second-order valence-electron chi connectivity index (χ2n) is 5.60. The highest BCUT2D eigenvalue weighted by molar-refractivity contribution is 5.32. The highest BCUT2D eigenvalue weighted by atomic mass is 19.1. The van der Waals surface area contributed by atoms with E-state index in [1.54, 1.807) is 6.07 Å². The van der Waals surface area contributed by atoms with Crippen LogP contribution in [0.25, 0.3) is 0 Å². The fraction of sp³-hybridized carbons (Fsp3) is 0.600. The predicted molar refractivity (Wildman–Crippen MR) is 68.8 cm³/mol. The summed E-state index contributed by atoms with van der Waals surface area (Å²) in [4.78, 5) is 0. The molecule has 1 fully saturated rings. The summed E-state index contributed by atoms with van der Waals surface area (Å²) in [5.41, 5.74) is 0.755. The van der Waals surface area contributed by atoms with Gasteiger partial charge in [-0.05, 0) is 36.1 Å². The van der Waals surface area contributed by atoms with Crippen molar-refractivity contribution in [2.45, 2.75) is 45.3 Å². The standard InChI is InChI=1S/C15H21FO2/c1-10(2)14-9-15(17,6-7-18-14)13-5-4-12(16)8-11(13)3/h4-5,8,10,14,17H,6-7,9H2,1-3H3. The van der Waals surface area contributed by atoms with Crippen LogP contribution in [0, 0.1) is 18.7 Å². The molecule has 2 unspecified atom stereocenters. The van der Waals surface area contributed by atoms with E-state index in [2.05, 4.69) is 13.8 Å². The van der Waals surface area contributed by atoms with E-state index in [1.807, 2.05) is 6.92 Å². The van der Waals surface area contributed by atoms with Gasteiger partial charge in [-0.25, -0.2) is 4.39 Å². The highest BCUT2D eigenvalue weighted by Crippen LogP contribution is 2.38.